The van der Waals surface area contributed by atoms with Gasteiger partial charge in [-0.25, -0.2) is 0 Å². The van der Waals surface area contributed by atoms with Crippen LogP contribution in [0.25, 0.3) is 0 Å². The van der Waals surface area contributed by atoms with E-state index < -0.39 is 17.6 Å². The lowest BCUT2D eigenvalue weighted by Crippen LogP contribution is -2.61. The first-order chi connectivity index (χ1) is 7.66. The smallest absolute Gasteiger partial charge is 0.415 e. The predicted molar refractivity (Wildman–Crippen MR) is 53.8 cm³/mol. The minimum absolute atomic E-state index is 0.0608. The first-order valence-corrected chi connectivity index (χ1v) is 4.80. The van der Waals surface area contributed by atoms with Crippen LogP contribution in [0.1, 0.15) is 12.7 Å². The van der Waals surface area contributed by atoms with Crippen LogP contribution in [0.4, 0.5) is 13.2 Å². The summed E-state index contributed by atoms with van der Waals surface area (Å²) in [5.41, 5.74) is 2.13. The number of halogens is 3. The van der Waals surface area contributed by atoms with E-state index in [9.17, 15) is 18.0 Å². The zero-order valence-corrected chi connectivity index (χ0v) is 9.41. The van der Waals surface area contributed by atoms with Crippen LogP contribution in [0.2, 0.25) is 0 Å². The number of nitrogens with two attached hydrogens (primary N) is 1. The van der Waals surface area contributed by atoms with E-state index in [1.165, 1.54) is 13.3 Å². The van der Waals surface area contributed by atoms with Crippen molar-refractivity contribution in [3.05, 3.63) is 24.2 Å². The SMILES string of the molecule is CN(Cc1ccco1)C(=O)C(C)(N)C(F)(F)F. The first-order valence-electron chi connectivity index (χ1n) is 4.80. The molecule has 0 radical (unpaired) electrons. The second kappa shape index (κ2) is 4.40. The molecule has 0 aliphatic carbocycles. The summed E-state index contributed by atoms with van der Waals surface area (Å²) in [7, 11) is 1.24. The number of hydrogen-bond donors (Lipinski definition) is 1. The Morgan fingerprint density at radius 2 is 2.12 bits per heavy atom. The Balaban J connectivity index is 2.76. The van der Waals surface area contributed by atoms with Crippen molar-refractivity contribution >= 4 is 5.91 Å². The molecule has 17 heavy (non-hydrogen) atoms. The average molecular weight is 250 g/mol. The summed E-state index contributed by atoms with van der Waals surface area (Å²) >= 11 is 0. The highest BCUT2D eigenvalue weighted by atomic mass is 19.4. The molecule has 1 heterocycles. The fraction of sp³-hybridized carbons (Fsp3) is 0.500. The lowest BCUT2D eigenvalue weighted by molar-refractivity contribution is -0.193. The van der Waals surface area contributed by atoms with Crippen LogP contribution >= 0.6 is 0 Å². The number of furan rings is 1. The standard InChI is InChI=1S/C10H13F3N2O2/c1-9(14,10(11,12)13)8(16)15(2)6-7-4-3-5-17-7/h3-5H,6,14H2,1-2H3. The summed E-state index contributed by atoms with van der Waals surface area (Å²) in [4.78, 5) is 12.5. The molecule has 0 saturated heterocycles. The van der Waals surface area contributed by atoms with Crippen molar-refractivity contribution in [1.29, 1.82) is 0 Å². The quantitative estimate of drug-likeness (QED) is 0.884. The number of carbonyl (C=O) groups excluding carboxylic acids is 1. The number of rotatable bonds is 3. The van der Waals surface area contributed by atoms with Crippen molar-refractivity contribution in [1.82, 2.24) is 4.90 Å². The van der Waals surface area contributed by atoms with E-state index in [4.69, 9.17) is 10.2 Å². The van der Waals surface area contributed by atoms with E-state index in [1.54, 1.807) is 12.1 Å². The van der Waals surface area contributed by atoms with Gasteiger partial charge in [-0.1, -0.05) is 0 Å². The van der Waals surface area contributed by atoms with Gasteiger partial charge in [0, 0.05) is 7.05 Å². The molecule has 7 heteroatoms. The minimum atomic E-state index is -4.79. The van der Waals surface area contributed by atoms with Gasteiger partial charge in [-0.15, -0.1) is 0 Å². The Morgan fingerprint density at radius 3 is 2.53 bits per heavy atom. The molecule has 0 spiro atoms. The summed E-state index contributed by atoms with van der Waals surface area (Å²) in [5.74, 6) is -0.819. The van der Waals surface area contributed by atoms with Crippen LogP contribution in [0.5, 0.6) is 0 Å². The Kier molecular flexibility index (Phi) is 3.51. The van der Waals surface area contributed by atoms with Gasteiger partial charge in [0.05, 0.1) is 12.8 Å². The Hall–Kier alpha value is -1.50. The van der Waals surface area contributed by atoms with E-state index in [0.717, 1.165) is 4.90 Å². The zero-order chi connectivity index (χ0) is 13.3. The highest BCUT2D eigenvalue weighted by molar-refractivity contribution is 5.86. The number of alkyl halides is 3. The predicted octanol–water partition coefficient (Wildman–Crippen LogP) is 1.52. The van der Waals surface area contributed by atoms with Crippen LogP contribution in [0.3, 0.4) is 0 Å². The van der Waals surface area contributed by atoms with Crippen LogP contribution in [-0.2, 0) is 11.3 Å². The lowest BCUT2D eigenvalue weighted by atomic mass is 10.0. The molecular weight excluding hydrogens is 237 g/mol. The molecule has 0 aromatic carbocycles. The minimum Gasteiger partial charge on any atom is -0.467 e. The van der Waals surface area contributed by atoms with Crippen LogP contribution in [-0.4, -0.2) is 29.6 Å². The molecule has 2 N–H and O–H groups in total. The monoisotopic (exact) mass is 250 g/mol. The van der Waals surface area contributed by atoms with E-state index in [2.05, 4.69) is 0 Å². The summed E-state index contributed by atoms with van der Waals surface area (Å²) in [5, 5.41) is 0. The molecule has 1 amide bonds. The van der Waals surface area contributed by atoms with Gasteiger partial charge in [0.1, 0.15) is 5.76 Å². The molecule has 0 saturated carbocycles. The molecule has 0 fully saturated rings. The molecule has 4 nitrogen and oxygen atoms in total. The van der Waals surface area contributed by atoms with Gasteiger partial charge in [0.2, 0.25) is 0 Å². The molecule has 1 atom stereocenters. The second-order valence-corrected chi connectivity index (χ2v) is 3.94. The third-order valence-corrected chi connectivity index (χ3v) is 2.35. The van der Waals surface area contributed by atoms with Crippen molar-refractivity contribution < 1.29 is 22.4 Å². The molecule has 0 aliphatic heterocycles. The maximum Gasteiger partial charge on any atom is 0.415 e. The number of nitrogens with zero attached hydrogens (tertiary/aromatic N) is 1. The molecule has 1 aromatic rings. The van der Waals surface area contributed by atoms with E-state index in [1.807, 2.05) is 0 Å². The largest absolute Gasteiger partial charge is 0.467 e. The van der Waals surface area contributed by atoms with Gasteiger partial charge < -0.3 is 15.1 Å². The van der Waals surface area contributed by atoms with Crippen molar-refractivity contribution in [2.45, 2.75) is 25.2 Å². The van der Waals surface area contributed by atoms with Crippen LogP contribution in [0, 0.1) is 0 Å². The molecule has 1 aromatic heterocycles. The summed E-state index contributed by atoms with van der Waals surface area (Å²) < 4.78 is 42.5. The summed E-state index contributed by atoms with van der Waals surface area (Å²) in [6.45, 7) is 0.586. The van der Waals surface area contributed by atoms with Gasteiger partial charge >= 0.3 is 6.18 Å². The maximum atomic E-state index is 12.5. The summed E-state index contributed by atoms with van der Waals surface area (Å²) in [6.07, 6.45) is -3.42. The molecular formula is C10H13F3N2O2. The van der Waals surface area contributed by atoms with Crippen LogP contribution < -0.4 is 5.73 Å². The second-order valence-electron chi connectivity index (χ2n) is 3.94. The third-order valence-electron chi connectivity index (χ3n) is 2.35. The Bertz CT molecular complexity index is 385. The van der Waals surface area contributed by atoms with Crippen molar-refractivity contribution in [3.63, 3.8) is 0 Å². The fourth-order valence-corrected chi connectivity index (χ4v) is 1.23. The maximum absolute atomic E-state index is 12.5. The van der Waals surface area contributed by atoms with Gasteiger partial charge in [-0.05, 0) is 19.1 Å². The number of carbonyl (C=O) groups is 1. The highest BCUT2D eigenvalue weighted by Gasteiger charge is 2.54. The number of hydrogen-bond acceptors (Lipinski definition) is 3. The van der Waals surface area contributed by atoms with Gasteiger partial charge in [0.15, 0.2) is 5.54 Å². The van der Waals surface area contributed by atoms with Gasteiger partial charge in [-0.2, -0.15) is 13.2 Å². The van der Waals surface area contributed by atoms with Gasteiger partial charge in [-0.3, -0.25) is 4.79 Å². The molecule has 0 aliphatic rings. The molecule has 1 unspecified atom stereocenters. The third kappa shape index (κ3) is 2.79. The molecule has 96 valence electrons. The van der Waals surface area contributed by atoms with E-state index in [-0.39, 0.29) is 6.54 Å². The highest BCUT2D eigenvalue weighted by Crippen LogP contribution is 2.29. The fourth-order valence-electron chi connectivity index (χ4n) is 1.23. The Morgan fingerprint density at radius 1 is 1.53 bits per heavy atom. The van der Waals surface area contributed by atoms with Gasteiger partial charge in [0.25, 0.3) is 5.91 Å². The van der Waals surface area contributed by atoms with Crippen molar-refractivity contribution in [2.75, 3.05) is 7.05 Å². The number of likely N-dealkylation sites (N-methyl/N-ethyl adjacent to an activating group) is 1. The average Bonchev–Trinajstić information content (AvgIpc) is 2.67. The zero-order valence-electron chi connectivity index (χ0n) is 9.41. The van der Waals surface area contributed by atoms with E-state index >= 15 is 0 Å². The summed E-state index contributed by atoms with van der Waals surface area (Å²) in [6, 6.07) is 3.14. The first kappa shape index (κ1) is 13.6. The van der Waals surface area contributed by atoms with Crippen LogP contribution in [0.15, 0.2) is 22.8 Å². The van der Waals surface area contributed by atoms with Crippen molar-refractivity contribution in [2.24, 2.45) is 5.73 Å². The van der Waals surface area contributed by atoms with E-state index in [0.29, 0.717) is 12.7 Å². The topological polar surface area (TPSA) is 59.5 Å². The number of amides is 1. The molecule has 0 bridgehead atoms. The normalized spacial score (nSPS) is 15.4. The van der Waals surface area contributed by atoms with Crippen molar-refractivity contribution in [3.8, 4) is 0 Å². The Labute approximate surface area is 96.2 Å². The lowest BCUT2D eigenvalue weighted by Gasteiger charge is -2.30. The molecule has 1 rings (SSSR count).